The fourth-order valence-electron chi connectivity index (χ4n) is 5.35. The number of esters is 1. The Morgan fingerprint density at radius 1 is 1.17 bits per heavy atom. The van der Waals surface area contributed by atoms with Gasteiger partial charge in [-0.25, -0.2) is 4.99 Å². The Kier molecular flexibility index (Phi) is 7.08. The van der Waals surface area contributed by atoms with Crippen LogP contribution in [-0.4, -0.2) is 22.6 Å². The molecule has 1 atom stereocenters. The molecule has 3 aromatic carbocycles. The molecule has 206 valence electrons. The lowest BCUT2D eigenvalue weighted by Gasteiger charge is -2.30. The van der Waals surface area contributed by atoms with Gasteiger partial charge in [0.25, 0.3) is 11.2 Å². The van der Waals surface area contributed by atoms with Gasteiger partial charge < -0.3 is 9.47 Å². The van der Waals surface area contributed by atoms with E-state index >= 15 is 0 Å². The summed E-state index contributed by atoms with van der Waals surface area (Å²) in [5, 5.41) is 11.6. The monoisotopic (exact) mass is 679 g/mol. The van der Waals surface area contributed by atoms with Gasteiger partial charge in [0, 0.05) is 24.6 Å². The summed E-state index contributed by atoms with van der Waals surface area (Å²) >= 11 is 3.32. The van der Waals surface area contributed by atoms with Crippen LogP contribution in [0.4, 0.5) is 5.69 Å². The van der Waals surface area contributed by atoms with E-state index in [0.717, 1.165) is 23.3 Å². The third-order valence-corrected chi connectivity index (χ3v) is 8.85. The van der Waals surface area contributed by atoms with Crippen LogP contribution in [0.25, 0.3) is 11.8 Å². The van der Waals surface area contributed by atoms with Gasteiger partial charge in [-0.1, -0.05) is 47.7 Å². The van der Waals surface area contributed by atoms with Gasteiger partial charge in [0.1, 0.15) is 0 Å². The molecule has 2 heterocycles. The minimum absolute atomic E-state index is 0.0328. The van der Waals surface area contributed by atoms with Crippen molar-refractivity contribution in [3.63, 3.8) is 0 Å². The minimum atomic E-state index is -0.530. The molecule has 41 heavy (non-hydrogen) atoms. The highest BCUT2D eigenvalue weighted by Crippen LogP contribution is 2.41. The Balaban J connectivity index is 1.58. The van der Waals surface area contributed by atoms with Crippen LogP contribution in [0, 0.1) is 13.7 Å². The maximum absolute atomic E-state index is 14.0. The number of methoxy groups -OCH3 is 1. The molecule has 1 aliphatic heterocycles. The quantitative estimate of drug-likeness (QED) is 0.0989. The molecule has 0 fully saturated rings. The molecule has 0 unspecified atom stereocenters. The zero-order chi connectivity index (χ0) is 28.8. The molecule has 1 aromatic heterocycles. The van der Waals surface area contributed by atoms with Crippen molar-refractivity contribution in [1.29, 1.82) is 0 Å². The summed E-state index contributed by atoms with van der Waals surface area (Å²) in [5.74, 6) is 0.220. The van der Waals surface area contributed by atoms with Gasteiger partial charge in [0.05, 0.1) is 31.9 Å². The summed E-state index contributed by atoms with van der Waals surface area (Å²) < 4.78 is 13.5. The van der Waals surface area contributed by atoms with Gasteiger partial charge in [-0.2, -0.15) is 0 Å². The van der Waals surface area contributed by atoms with Gasteiger partial charge in [0.2, 0.25) is 0 Å². The van der Waals surface area contributed by atoms with E-state index in [1.807, 2.05) is 24.3 Å². The first-order valence-electron chi connectivity index (χ1n) is 12.7. The zero-order valence-corrected chi connectivity index (χ0v) is 24.9. The Morgan fingerprint density at radius 3 is 2.73 bits per heavy atom. The summed E-state index contributed by atoms with van der Waals surface area (Å²) in [7, 11) is 1.48. The Hall–Kier alpha value is -4.10. The number of aryl methyl sites for hydroxylation is 1. The first-order valence-corrected chi connectivity index (χ1v) is 14.6. The number of aromatic nitrogens is 1. The highest BCUT2D eigenvalue weighted by molar-refractivity contribution is 14.1. The molecule has 2 aliphatic rings. The first-order chi connectivity index (χ1) is 19.7. The number of halogens is 1. The van der Waals surface area contributed by atoms with Crippen LogP contribution in [0.3, 0.4) is 0 Å². The Bertz CT molecular complexity index is 1980. The van der Waals surface area contributed by atoms with Crippen LogP contribution in [0.2, 0.25) is 0 Å². The smallest absolute Gasteiger partial charge is 0.308 e. The average molecular weight is 679 g/mol. The maximum Gasteiger partial charge on any atom is 0.308 e. The van der Waals surface area contributed by atoms with Crippen LogP contribution in [0.1, 0.15) is 41.6 Å². The second-order valence-corrected chi connectivity index (χ2v) is 11.8. The molecule has 6 rings (SSSR count). The summed E-state index contributed by atoms with van der Waals surface area (Å²) in [6, 6.07) is 17.5. The van der Waals surface area contributed by atoms with Crippen LogP contribution < -0.4 is 24.4 Å². The third-order valence-electron chi connectivity index (χ3n) is 7.07. The minimum Gasteiger partial charge on any atom is -0.493 e. The number of benzene rings is 3. The second kappa shape index (κ2) is 10.7. The number of nitro groups is 1. The number of rotatable bonds is 5. The number of carbonyl (C=O) groups is 1. The van der Waals surface area contributed by atoms with E-state index in [4.69, 9.17) is 14.5 Å². The number of fused-ring (bicyclic) bond motifs is 3. The topological polar surface area (TPSA) is 113 Å². The number of allylic oxidation sites excluding steroid dienone is 1. The van der Waals surface area contributed by atoms with Crippen molar-refractivity contribution in [2.24, 2.45) is 4.99 Å². The van der Waals surface area contributed by atoms with Crippen LogP contribution in [0.5, 0.6) is 11.5 Å². The molecule has 1 aliphatic carbocycles. The van der Waals surface area contributed by atoms with E-state index in [1.165, 1.54) is 37.0 Å². The Morgan fingerprint density at radius 2 is 1.98 bits per heavy atom. The summed E-state index contributed by atoms with van der Waals surface area (Å²) in [5.41, 5.74) is 5.05. The lowest BCUT2D eigenvalue weighted by Crippen LogP contribution is -2.38. The highest BCUT2D eigenvalue weighted by atomic mass is 127. The summed E-state index contributed by atoms with van der Waals surface area (Å²) in [4.78, 5) is 42.3. The predicted octanol–water partition coefficient (Wildman–Crippen LogP) is 4.77. The van der Waals surface area contributed by atoms with Crippen molar-refractivity contribution < 1.29 is 19.2 Å². The number of hydrogen-bond donors (Lipinski definition) is 0. The second-order valence-electron chi connectivity index (χ2n) is 9.59. The number of nitro benzene ring substituents is 1. The molecule has 4 aromatic rings. The standard InChI is InChI=1S/C30H22IN3O6S/c1-16(35)40-28-23(31)12-17(13-24(28)39-2)14-25-29(36)33-27(19-7-5-8-20(15-19)34(37)38)22-11-10-18-6-3-4-9-21(18)26(22)32-30(33)41-25/h3-9,12-15,27H,10-11H2,1-2H3/b25-14+/t27-/m1/s1. The highest BCUT2D eigenvalue weighted by Gasteiger charge is 2.33. The first kappa shape index (κ1) is 27.1. The maximum atomic E-state index is 14.0. The number of nitrogens with zero attached hydrogens (tertiary/aromatic N) is 3. The summed E-state index contributed by atoms with van der Waals surface area (Å²) in [6.07, 6.45) is 3.22. The van der Waals surface area contributed by atoms with Gasteiger partial charge in [0.15, 0.2) is 16.3 Å². The van der Waals surface area contributed by atoms with Crippen LogP contribution >= 0.6 is 33.9 Å². The van der Waals surface area contributed by atoms with E-state index in [1.54, 1.807) is 34.9 Å². The van der Waals surface area contributed by atoms with Crippen molar-refractivity contribution >= 4 is 57.4 Å². The van der Waals surface area contributed by atoms with Crippen LogP contribution in [0.15, 0.2) is 76.0 Å². The van der Waals surface area contributed by atoms with Crippen LogP contribution in [-0.2, 0) is 11.2 Å². The van der Waals surface area contributed by atoms with E-state index in [0.29, 0.717) is 42.0 Å². The van der Waals surface area contributed by atoms with E-state index < -0.39 is 16.9 Å². The molecule has 0 amide bonds. The lowest BCUT2D eigenvalue weighted by molar-refractivity contribution is -0.384. The van der Waals surface area contributed by atoms with E-state index in [9.17, 15) is 19.7 Å². The molecule has 0 radical (unpaired) electrons. The van der Waals surface area contributed by atoms with Gasteiger partial charge in [-0.3, -0.25) is 24.3 Å². The zero-order valence-electron chi connectivity index (χ0n) is 21.9. The Labute approximate surface area is 251 Å². The number of non-ortho nitro benzene ring substituents is 1. The van der Waals surface area contributed by atoms with Gasteiger partial charge >= 0.3 is 5.97 Å². The van der Waals surface area contributed by atoms with Crippen molar-refractivity contribution in [2.45, 2.75) is 25.8 Å². The lowest BCUT2D eigenvalue weighted by atomic mass is 9.83. The molecular weight excluding hydrogens is 657 g/mol. The normalized spacial score (nSPS) is 15.9. The number of thiazole rings is 1. The molecule has 0 saturated heterocycles. The fraction of sp³-hybridized carbons (Fsp3) is 0.167. The fourth-order valence-corrected chi connectivity index (χ4v) is 7.08. The molecule has 0 bridgehead atoms. The third kappa shape index (κ3) is 4.88. The molecule has 0 saturated carbocycles. The molecular formula is C30H22IN3O6S. The van der Waals surface area contributed by atoms with Gasteiger partial charge in [-0.05, 0) is 75.9 Å². The number of hydrogen-bond acceptors (Lipinski definition) is 8. The SMILES string of the molecule is COc1cc(/C=c2/sc3n(c2=O)[C@H](c2cccc([N+](=O)[O-])c2)C2=C(N=3)c3ccccc3CC2)cc(I)c1OC(C)=O. The molecule has 9 nitrogen and oxygen atoms in total. The number of ether oxygens (including phenoxy) is 2. The predicted molar refractivity (Wildman–Crippen MR) is 163 cm³/mol. The van der Waals surface area contributed by atoms with E-state index in [2.05, 4.69) is 28.7 Å². The average Bonchev–Trinajstić information content (AvgIpc) is 3.27. The summed E-state index contributed by atoms with van der Waals surface area (Å²) in [6.45, 7) is 1.32. The molecule has 0 N–H and O–H groups in total. The van der Waals surface area contributed by atoms with Crippen molar-refractivity contribution in [3.05, 3.63) is 122 Å². The molecule has 0 spiro atoms. The van der Waals surface area contributed by atoms with Crippen molar-refractivity contribution in [1.82, 2.24) is 4.57 Å². The van der Waals surface area contributed by atoms with Gasteiger partial charge in [-0.15, -0.1) is 0 Å². The molecule has 11 heteroatoms. The number of carbonyl (C=O) groups excluding carboxylic acids is 1. The van der Waals surface area contributed by atoms with E-state index in [-0.39, 0.29) is 11.2 Å². The largest absolute Gasteiger partial charge is 0.493 e. The van der Waals surface area contributed by atoms with Crippen molar-refractivity contribution in [3.8, 4) is 11.5 Å². The van der Waals surface area contributed by atoms with Crippen molar-refractivity contribution in [2.75, 3.05) is 7.11 Å².